The molecule has 21 heavy (non-hydrogen) atoms. The normalized spacial score (nSPS) is 16.9. The van der Waals surface area contributed by atoms with Gasteiger partial charge in [-0.15, -0.1) is 0 Å². The van der Waals surface area contributed by atoms with Crippen LogP contribution in [0.2, 0.25) is 0 Å². The van der Waals surface area contributed by atoms with Crippen LogP contribution in [0.25, 0.3) is 0 Å². The van der Waals surface area contributed by atoms with Crippen LogP contribution in [0.5, 0.6) is 0 Å². The van der Waals surface area contributed by atoms with Gasteiger partial charge >= 0.3 is 6.09 Å². The van der Waals surface area contributed by atoms with E-state index in [9.17, 15) is 9.90 Å². The number of nitrogens with zero attached hydrogens (tertiary/aromatic N) is 1. The van der Waals surface area contributed by atoms with Gasteiger partial charge < -0.3 is 14.7 Å². The number of carbonyl (C=O) groups excluding carboxylic acids is 1. The molecule has 1 saturated heterocycles. The number of benzene rings is 1. The quantitative estimate of drug-likeness (QED) is 0.909. The molecule has 0 saturated carbocycles. The van der Waals surface area contributed by atoms with Crippen LogP contribution in [0.3, 0.4) is 0 Å². The van der Waals surface area contributed by atoms with Crippen LogP contribution in [0.15, 0.2) is 24.3 Å². The third kappa shape index (κ3) is 4.46. The third-order valence-electron chi connectivity index (χ3n) is 3.75. The molecule has 1 aliphatic heterocycles. The van der Waals surface area contributed by atoms with Crippen molar-refractivity contribution in [1.82, 2.24) is 4.90 Å². The van der Waals surface area contributed by atoms with Gasteiger partial charge in [-0.05, 0) is 50.7 Å². The fourth-order valence-electron chi connectivity index (χ4n) is 2.67. The molecule has 0 atom stereocenters. The van der Waals surface area contributed by atoms with Gasteiger partial charge in [0, 0.05) is 13.1 Å². The minimum Gasteiger partial charge on any atom is -0.444 e. The van der Waals surface area contributed by atoms with Crippen molar-refractivity contribution < 1.29 is 14.6 Å². The summed E-state index contributed by atoms with van der Waals surface area (Å²) in [7, 11) is 0. The zero-order chi connectivity index (χ0) is 15.5. The lowest BCUT2D eigenvalue weighted by Crippen LogP contribution is -2.41. The molecule has 1 fully saturated rings. The summed E-state index contributed by atoms with van der Waals surface area (Å²) in [6.45, 7) is 7.19. The first-order valence-corrected chi connectivity index (χ1v) is 7.56. The van der Waals surface area contributed by atoms with E-state index in [1.165, 1.54) is 5.56 Å². The fraction of sp³-hybridized carbons (Fsp3) is 0.588. The van der Waals surface area contributed by atoms with Crippen LogP contribution < -0.4 is 0 Å². The number of aliphatic hydroxyl groups is 1. The van der Waals surface area contributed by atoms with E-state index in [1.807, 2.05) is 32.9 Å². The molecule has 2 rings (SSSR count). The van der Waals surface area contributed by atoms with Crippen molar-refractivity contribution in [3.63, 3.8) is 0 Å². The smallest absolute Gasteiger partial charge is 0.410 e. The lowest BCUT2D eigenvalue weighted by atomic mass is 9.89. The van der Waals surface area contributed by atoms with Gasteiger partial charge in [0.2, 0.25) is 0 Å². The Bertz CT molecular complexity index is 485. The molecule has 0 bridgehead atoms. The molecule has 1 aliphatic rings. The van der Waals surface area contributed by atoms with E-state index in [1.54, 1.807) is 4.90 Å². The number of hydrogen-bond acceptors (Lipinski definition) is 3. The number of ether oxygens (including phenoxy) is 1. The molecule has 1 amide bonds. The fourth-order valence-corrected chi connectivity index (χ4v) is 2.67. The number of carbonyl (C=O) groups is 1. The molecule has 1 aromatic carbocycles. The van der Waals surface area contributed by atoms with Crippen LogP contribution in [0, 0.1) is 0 Å². The Morgan fingerprint density at radius 3 is 2.57 bits per heavy atom. The summed E-state index contributed by atoms with van der Waals surface area (Å²) < 4.78 is 5.41. The summed E-state index contributed by atoms with van der Waals surface area (Å²) in [5.41, 5.74) is 1.76. The Labute approximate surface area is 126 Å². The SMILES string of the molecule is CC(C)(C)OC(=O)N1CCC(c2cccc(CO)c2)CC1. The average molecular weight is 291 g/mol. The van der Waals surface area contributed by atoms with Crippen LogP contribution in [-0.2, 0) is 11.3 Å². The average Bonchev–Trinajstić information content (AvgIpc) is 2.46. The molecule has 1 heterocycles. The molecule has 1 aromatic rings. The molecule has 116 valence electrons. The van der Waals surface area contributed by atoms with Gasteiger partial charge in [-0.2, -0.15) is 0 Å². The standard InChI is InChI=1S/C17H25NO3/c1-17(2,3)21-16(20)18-9-7-14(8-10-18)15-6-4-5-13(11-15)12-19/h4-6,11,14,19H,7-10,12H2,1-3H3. The van der Waals surface area contributed by atoms with Crippen molar-refractivity contribution >= 4 is 6.09 Å². The van der Waals surface area contributed by atoms with Gasteiger partial charge in [0.1, 0.15) is 5.60 Å². The van der Waals surface area contributed by atoms with Crippen LogP contribution in [-0.4, -0.2) is 34.8 Å². The summed E-state index contributed by atoms with van der Waals surface area (Å²) in [6.07, 6.45) is 1.66. The lowest BCUT2D eigenvalue weighted by molar-refractivity contribution is 0.0205. The molecule has 4 heteroatoms. The molecule has 4 nitrogen and oxygen atoms in total. The van der Waals surface area contributed by atoms with Crippen molar-refractivity contribution in [3.05, 3.63) is 35.4 Å². The second-order valence-corrected chi connectivity index (χ2v) is 6.64. The summed E-state index contributed by atoms with van der Waals surface area (Å²) in [5.74, 6) is 0.454. The number of amides is 1. The highest BCUT2D eigenvalue weighted by molar-refractivity contribution is 5.68. The molecule has 0 spiro atoms. The second-order valence-electron chi connectivity index (χ2n) is 6.64. The van der Waals surface area contributed by atoms with Crippen LogP contribution in [0.1, 0.15) is 50.7 Å². The highest BCUT2D eigenvalue weighted by Crippen LogP contribution is 2.29. The number of aliphatic hydroxyl groups excluding tert-OH is 1. The minimum absolute atomic E-state index is 0.0740. The summed E-state index contributed by atoms with van der Waals surface area (Å²) in [5, 5.41) is 9.21. The zero-order valence-corrected chi connectivity index (χ0v) is 13.1. The predicted molar refractivity (Wildman–Crippen MR) is 82.1 cm³/mol. The van der Waals surface area contributed by atoms with Gasteiger partial charge in [-0.1, -0.05) is 24.3 Å². The first-order valence-electron chi connectivity index (χ1n) is 7.56. The van der Waals surface area contributed by atoms with E-state index in [4.69, 9.17) is 4.74 Å². The minimum atomic E-state index is -0.441. The molecule has 1 N–H and O–H groups in total. The van der Waals surface area contributed by atoms with E-state index >= 15 is 0 Å². The van der Waals surface area contributed by atoms with Crippen molar-refractivity contribution in [1.29, 1.82) is 0 Å². The number of piperidine rings is 1. The van der Waals surface area contributed by atoms with E-state index < -0.39 is 5.60 Å². The highest BCUT2D eigenvalue weighted by atomic mass is 16.6. The van der Waals surface area contributed by atoms with E-state index in [0.29, 0.717) is 5.92 Å². The third-order valence-corrected chi connectivity index (χ3v) is 3.75. The Morgan fingerprint density at radius 2 is 2.00 bits per heavy atom. The van der Waals surface area contributed by atoms with Crippen LogP contribution in [0.4, 0.5) is 4.79 Å². The van der Waals surface area contributed by atoms with Gasteiger partial charge in [0.25, 0.3) is 0 Å². The van der Waals surface area contributed by atoms with E-state index in [2.05, 4.69) is 12.1 Å². The molecule has 0 unspecified atom stereocenters. The van der Waals surface area contributed by atoms with E-state index in [0.717, 1.165) is 31.5 Å². The van der Waals surface area contributed by atoms with Crippen molar-refractivity contribution in [2.45, 2.75) is 51.7 Å². The summed E-state index contributed by atoms with van der Waals surface area (Å²) in [6, 6.07) is 8.08. The number of likely N-dealkylation sites (tertiary alicyclic amines) is 1. The van der Waals surface area contributed by atoms with Gasteiger partial charge in [-0.3, -0.25) is 0 Å². The summed E-state index contributed by atoms with van der Waals surface area (Å²) in [4.78, 5) is 13.8. The molecule has 0 radical (unpaired) electrons. The molecular weight excluding hydrogens is 266 g/mol. The van der Waals surface area contributed by atoms with Crippen LogP contribution >= 0.6 is 0 Å². The summed E-state index contributed by atoms with van der Waals surface area (Å²) >= 11 is 0. The first-order chi connectivity index (χ1) is 9.89. The van der Waals surface area contributed by atoms with E-state index in [-0.39, 0.29) is 12.7 Å². The molecular formula is C17H25NO3. The van der Waals surface area contributed by atoms with Crippen molar-refractivity contribution in [2.24, 2.45) is 0 Å². The Kier molecular flexibility index (Phi) is 4.88. The first kappa shape index (κ1) is 15.8. The van der Waals surface area contributed by atoms with Gasteiger partial charge in [0.05, 0.1) is 6.61 Å². The Balaban J connectivity index is 1.92. The topological polar surface area (TPSA) is 49.8 Å². The van der Waals surface area contributed by atoms with Gasteiger partial charge in [-0.25, -0.2) is 4.79 Å². The molecule has 0 aromatic heterocycles. The van der Waals surface area contributed by atoms with Crippen molar-refractivity contribution in [2.75, 3.05) is 13.1 Å². The second kappa shape index (κ2) is 6.48. The monoisotopic (exact) mass is 291 g/mol. The largest absolute Gasteiger partial charge is 0.444 e. The van der Waals surface area contributed by atoms with Crippen molar-refractivity contribution in [3.8, 4) is 0 Å². The maximum absolute atomic E-state index is 12.0. The zero-order valence-electron chi connectivity index (χ0n) is 13.1. The molecule has 0 aliphatic carbocycles. The Morgan fingerprint density at radius 1 is 1.33 bits per heavy atom. The predicted octanol–water partition coefficient (Wildman–Crippen LogP) is 3.29. The van der Waals surface area contributed by atoms with Gasteiger partial charge in [0.15, 0.2) is 0 Å². The number of hydrogen-bond donors (Lipinski definition) is 1. The highest BCUT2D eigenvalue weighted by Gasteiger charge is 2.27. The maximum atomic E-state index is 12.0. The lowest BCUT2D eigenvalue weighted by Gasteiger charge is -2.33. The number of rotatable bonds is 2. The maximum Gasteiger partial charge on any atom is 0.410 e. The Hall–Kier alpha value is -1.55.